The van der Waals surface area contributed by atoms with Crippen molar-refractivity contribution in [2.75, 3.05) is 6.54 Å². The standard InChI is InChI=1S/C11H17BrN2OS/c1-3-4-8(6-13)14-11(15)9-5-7(2)10(12)16-9/h5,8H,3-4,6,13H2,1-2H3,(H,14,15). The lowest BCUT2D eigenvalue weighted by atomic mass is 10.1. The molecule has 0 saturated carbocycles. The van der Waals surface area contributed by atoms with Crippen LogP contribution < -0.4 is 11.1 Å². The summed E-state index contributed by atoms with van der Waals surface area (Å²) in [6, 6.07) is 1.97. The molecule has 0 aliphatic heterocycles. The van der Waals surface area contributed by atoms with Gasteiger partial charge in [0.2, 0.25) is 0 Å². The van der Waals surface area contributed by atoms with Gasteiger partial charge in [-0.1, -0.05) is 13.3 Å². The average molecular weight is 305 g/mol. The van der Waals surface area contributed by atoms with Gasteiger partial charge < -0.3 is 11.1 Å². The number of thiophene rings is 1. The molecule has 3 N–H and O–H groups in total. The van der Waals surface area contributed by atoms with E-state index < -0.39 is 0 Å². The van der Waals surface area contributed by atoms with Crippen LogP contribution in [0.1, 0.15) is 35.0 Å². The molecule has 0 spiro atoms. The zero-order valence-electron chi connectivity index (χ0n) is 9.55. The number of nitrogens with one attached hydrogen (secondary N) is 1. The monoisotopic (exact) mass is 304 g/mol. The lowest BCUT2D eigenvalue weighted by Crippen LogP contribution is -2.39. The van der Waals surface area contributed by atoms with Crippen molar-refractivity contribution in [2.45, 2.75) is 32.7 Å². The van der Waals surface area contributed by atoms with Gasteiger partial charge in [0, 0.05) is 12.6 Å². The summed E-state index contributed by atoms with van der Waals surface area (Å²) in [4.78, 5) is 12.6. The number of carbonyl (C=O) groups excluding carboxylic acids is 1. The smallest absolute Gasteiger partial charge is 0.261 e. The molecule has 0 aliphatic carbocycles. The summed E-state index contributed by atoms with van der Waals surface area (Å²) in [5, 5.41) is 2.95. The molecule has 3 nitrogen and oxygen atoms in total. The molecule has 0 aliphatic rings. The molecule has 1 unspecified atom stereocenters. The van der Waals surface area contributed by atoms with Crippen molar-refractivity contribution in [1.29, 1.82) is 0 Å². The summed E-state index contributed by atoms with van der Waals surface area (Å²) >= 11 is 4.87. The Morgan fingerprint density at radius 1 is 1.69 bits per heavy atom. The van der Waals surface area contributed by atoms with Crippen LogP contribution in [0.2, 0.25) is 0 Å². The van der Waals surface area contributed by atoms with E-state index >= 15 is 0 Å². The average Bonchev–Trinajstić information content (AvgIpc) is 2.58. The van der Waals surface area contributed by atoms with E-state index in [1.165, 1.54) is 11.3 Å². The van der Waals surface area contributed by atoms with Gasteiger partial charge in [0.15, 0.2) is 0 Å². The largest absolute Gasteiger partial charge is 0.347 e. The SMILES string of the molecule is CCCC(CN)NC(=O)c1cc(C)c(Br)s1. The number of hydrogen-bond donors (Lipinski definition) is 2. The number of aryl methyl sites for hydroxylation is 1. The zero-order valence-corrected chi connectivity index (χ0v) is 12.0. The highest BCUT2D eigenvalue weighted by molar-refractivity contribution is 9.11. The fourth-order valence-corrected chi connectivity index (χ4v) is 2.86. The maximum absolute atomic E-state index is 11.9. The minimum absolute atomic E-state index is 0.0253. The van der Waals surface area contributed by atoms with Gasteiger partial charge >= 0.3 is 0 Å². The van der Waals surface area contributed by atoms with Crippen LogP contribution in [0.15, 0.2) is 9.85 Å². The second kappa shape index (κ2) is 6.37. The molecule has 5 heteroatoms. The second-order valence-corrected chi connectivity index (χ2v) is 6.13. The van der Waals surface area contributed by atoms with Crippen molar-refractivity contribution < 1.29 is 4.79 Å². The molecule has 1 aromatic heterocycles. The summed E-state index contributed by atoms with van der Waals surface area (Å²) < 4.78 is 1.01. The molecule has 0 aromatic carbocycles. The number of hydrogen-bond acceptors (Lipinski definition) is 3. The minimum atomic E-state index is -0.0253. The maximum Gasteiger partial charge on any atom is 0.261 e. The predicted octanol–water partition coefficient (Wildman–Crippen LogP) is 2.68. The first kappa shape index (κ1) is 13.7. The first-order valence-electron chi connectivity index (χ1n) is 5.35. The Morgan fingerprint density at radius 2 is 2.38 bits per heavy atom. The molecule has 0 radical (unpaired) electrons. The minimum Gasteiger partial charge on any atom is -0.347 e. The molecule has 1 aromatic rings. The fraction of sp³-hybridized carbons (Fsp3) is 0.545. The first-order valence-corrected chi connectivity index (χ1v) is 6.96. The Kier molecular flexibility index (Phi) is 5.44. The molecule has 0 bridgehead atoms. The van der Waals surface area contributed by atoms with E-state index in [1.807, 2.05) is 13.0 Å². The van der Waals surface area contributed by atoms with Gasteiger partial charge in [-0.3, -0.25) is 4.79 Å². The normalized spacial score (nSPS) is 12.5. The first-order chi connectivity index (χ1) is 7.58. The number of carbonyl (C=O) groups is 1. The van der Waals surface area contributed by atoms with E-state index in [1.54, 1.807) is 0 Å². The summed E-state index contributed by atoms with van der Waals surface area (Å²) in [5.41, 5.74) is 6.69. The van der Waals surface area contributed by atoms with Crippen molar-refractivity contribution in [3.05, 3.63) is 20.3 Å². The highest BCUT2D eigenvalue weighted by atomic mass is 79.9. The fourth-order valence-electron chi connectivity index (χ4n) is 1.43. The molecule has 0 fully saturated rings. The van der Waals surface area contributed by atoms with E-state index in [-0.39, 0.29) is 11.9 Å². The van der Waals surface area contributed by atoms with Crippen LogP contribution in [-0.2, 0) is 0 Å². The van der Waals surface area contributed by atoms with Gasteiger partial charge in [0.25, 0.3) is 5.91 Å². The van der Waals surface area contributed by atoms with Gasteiger partial charge in [-0.05, 0) is 40.9 Å². The highest BCUT2D eigenvalue weighted by Gasteiger charge is 2.14. The Balaban J connectivity index is 2.64. The molecule has 1 heterocycles. The molecule has 0 saturated heterocycles. The molecule has 90 valence electrons. The van der Waals surface area contributed by atoms with Crippen molar-refractivity contribution in [3.8, 4) is 0 Å². The lowest BCUT2D eigenvalue weighted by molar-refractivity contribution is 0.0940. The van der Waals surface area contributed by atoms with Crippen molar-refractivity contribution in [1.82, 2.24) is 5.32 Å². The number of amides is 1. The van der Waals surface area contributed by atoms with Crippen molar-refractivity contribution in [3.63, 3.8) is 0 Å². The molecule has 1 atom stereocenters. The Labute approximate surface area is 109 Å². The molecule has 16 heavy (non-hydrogen) atoms. The number of halogens is 1. The Hall–Kier alpha value is -0.390. The number of nitrogens with two attached hydrogens (primary N) is 1. The molecular formula is C11H17BrN2OS. The van der Waals surface area contributed by atoms with Crippen LogP contribution in [0.3, 0.4) is 0 Å². The van der Waals surface area contributed by atoms with Crippen LogP contribution in [0.4, 0.5) is 0 Å². The van der Waals surface area contributed by atoms with Crippen molar-refractivity contribution >= 4 is 33.2 Å². The third kappa shape index (κ3) is 3.57. The lowest BCUT2D eigenvalue weighted by Gasteiger charge is -2.14. The topological polar surface area (TPSA) is 55.1 Å². The molecular weight excluding hydrogens is 288 g/mol. The van der Waals surface area contributed by atoms with Crippen LogP contribution in [0, 0.1) is 6.92 Å². The van der Waals surface area contributed by atoms with Crippen LogP contribution >= 0.6 is 27.3 Å². The predicted molar refractivity (Wildman–Crippen MR) is 72.0 cm³/mol. The number of rotatable bonds is 5. The van der Waals surface area contributed by atoms with Crippen LogP contribution in [0.25, 0.3) is 0 Å². The van der Waals surface area contributed by atoms with E-state index in [0.717, 1.165) is 27.1 Å². The molecule has 1 rings (SSSR count). The van der Waals surface area contributed by atoms with E-state index in [2.05, 4.69) is 28.2 Å². The summed E-state index contributed by atoms with van der Waals surface area (Å²) in [6.07, 6.45) is 1.95. The van der Waals surface area contributed by atoms with Gasteiger partial charge in [-0.25, -0.2) is 0 Å². The van der Waals surface area contributed by atoms with Gasteiger partial charge in [-0.15, -0.1) is 11.3 Å². The third-order valence-corrected chi connectivity index (χ3v) is 4.47. The summed E-state index contributed by atoms with van der Waals surface area (Å²) in [7, 11) is 0. The summed E-state index contributed by atoms with van der Waals surface area (Å²) in [5.74, 6) is -0.0253. The third-order valence-electron chi connectivity index (χ3n) is 2.34. The van der Waals surface area contributed by atoms with E-state index in [9.17, 15) is 4.79 Å². The zero-order chi connectivity index (χ0) is 12.1. The van der Waals surface area contributed by atoms with Gasteiger partial charge in [0.1, 0.15) is 0 Å². The Bertz CT molecular complexity index is 345. The second-order valence-electron chi connectivity index (χ2n) is 3.76. The summed E-state index contributed by atoms with van der Waals surface area (Å²) in [6.45, 7) is 4.55. The molecule has 1 amide bonds. The van der Waals surface area contributed by atoms with Crippen LogP contribution in [-0.4, -0.2) is 18.5 Å². The van der Waals surface area contributed by atoms with E-state index in [4.69, 9.17) is 5.73 Å². The maximum atomic E-state index is 11.9. The van der Waals surface area contributed by atoms with Gasteiger partial charge in [-0.2, -0.15) is 0 Å². The Morgan fingerprint density at radius 3 is 2.81 bits per heavy atom. The quantitative estimate of drug-likeness (QED) is 0.879. The van der Waals surface area contributed by atoms with E-state index in [0.29, 0.717) is 6.54 Å². The van der Waals surface area contributed by atoms with Crippen molar-refractivity contribution in [2.24, 2.45) is 5.73 Å². The highest BCUT2D eigenvalue weighted by Crippen LogP contribution is 2.27. The van der Waals surface area contributed by atoms with Crippen LogP contribution in [0.5, 0.6) is 0 Å². The van der Waals surface area contributed by atoms with Gasteiger partial charge in [0.05, 0.1) is 8.66 Å².